The lowest BCUT2D eigenvalue weighted by atomic mass is 10.1. The van der Waals surface area contributed by atoms with Crippen LogP contribution in [0.25, 0.3) is 28.0 Å². The maximum atomic E-state index is 9.40. The summed E-state index contributed by atoms with van der Waals surface area (Å²) in [7, 11) is 0. The maximum Gasteiger partial charge on any atom is 0.134 e. The molecule has 1 saturated heterocycles. The first-order valence-corrected chi connectivity index (χ1v) is 9.70. The quantitative estimate of drug-likeness (QED) is 0.542. The zero-order valence-corrected chi connectivity index (χ0v) is 16.0. The Kier molecular flexibility index (Phi) is 4.81. The minimum absolute atomic E-state index is 0.00987. The van der Waals surface area contributed by atoms with Crippen molar-refractivity contribution in [3.8, 4) is 17.1 Å². The number of hydrogen-bond acceptors (Lipinski definition) is 6. The molecule has 2 aromatic carbocycles. The van der Waals surface area contributed by atoms with Gasteiger partial charge in [-0.05, 0) is 35.4 Å². The molecular weight excluding hydrogens is 368 g/mol. The number of fused-ring (bicyclic) bond motifs is 1. The van der Waals surface area contributed by atoms with Gasteiger partial charge in [0.25, 0.3) is 0 Å². The van der Waals surface area contributed by atoms with Crippen LogP contribution < -0.4 is 0 Å². The number of aromatic nitrogens is 5. The Morgan fingerprint density at radius 2 is 1.83 bits per heavy atom. The molecule has 2 aromatic heterocycles. The molecule has 1 aliphatic heterocycles. The van der Waals surface area contributed by atoms with E-state index in [0.717, 1.165) is 60.7 Å². The second-order valence-corrected chi connectivity index (χ2v) is 7.21. The number of nitrogens with one attached hydrogen (secondary N) is 1. The summed E-state index contributed by atoms with van der Waals surface area (Å²) in [5.41, 5.74) is 5.37. The predicted molar refractivity (Wildman–Crippen MR) is 108 cm³/mol. The highest BCUT2D eigenvalue weighted by Crippen LogP contribution is 2.26. The predicted octanol–water partition coefficient (Wildman–Crippen LogP) is 2.14. The van der Waals surface area contributed by atoms with E-state index in [0.29, 0.717) is 5.69 Å². The summed E-state index contributed by atoms with van der Waals surface area (Å²) in [6.07, 6.45) is 1.87. The largest absolute Gasteiger partial charge is 0.392 e. The van der Waals surface area contributed by atoms with Gasteiger partial charge in [-0.15, -0.1) is 5.10 Å². The Hall–Kier alpha value is -3.07. The summed E-state index contributed by atoms with van der Waals surface area (Å²) in [5.74, 6) is 0. The van der Waals surface area contributed by atoms with Crippen molar-refractivity contribution in [1.82, 2.24) is 30.1 Å². The molecule has 148 valence electrons. The van der Waals surface area contributed by atoms with Gasteiger partial charge in [-0.25, -0.2) is 4.68 Å². The Labute approximate surface area is 167 Å². The van der Waals surface area contributed by atoms with Gasteiger partial charge in [0.15, 0.2) is 0 Å². The Balaban J connectivity index is 1.37. The fourth-order valence-electron chi connectivity index (χ4n) is 3.62. The SMILES string of the molecule is OCc1ccc2[nH]nc(-c3cn(-c4ccc(CN5CCOCC5)cc4)nn3)c2c1. The summed E-state index contributed by atoms with van der Waals surface area (Å²) in [6, 6.07) is 14.1. The number of aliphatic hydroxyl groups is 1. The molecule has 2 N–H and O–H groups in total. The summed E-state index contributed by atoms with van der Waals surface area (Å²) in [6.45, 7) is 4.49. The van der Waals surface area contributed by atoms with Crippen LogP contribution in [0, 0.1) is 0 Å². The zero-order chi connectivity index (χ0) is 19.6. The van der Waals surface area contributed by atoms with Gasteiger partial charge in [0.2, 0.25) is 0 Å². The first-order valence-electron chi connectivity index (χ1n) is 9.70. The van der Waals surface area contributed by atoms with Crippen LogP contribution in [0.15, 0.2) is 48.7 Å². The highest BCUT2D eigenvalue weighted by atomic mass is 16.5. The fourth-order valence-corrected chi connectivity index (χ4v) is 3.62. The number of ether oxygens (including phenoxy) is 1. The molecule has 0 atom stereocenters. The number of aliphatic hydroxyl groups excluding tert-OH is 1. The third-order valence-corrected chi connectivity index (χ3v) is 5.26. The molecule has 8 heteroatoms. The molecule has 0 aliphatic carbocycles. The summed E-state index contributed by atoms with van der Waals surface area (Å²) < 4.78 is 7.16. The molecular formula is C21H22N6O2. The molecule has 0 radical (unpaired) electrons. The van der Waals surface area contributed by atoms with E-state index < -0.39 is 0 Å². The van der Waals surface area contributed by atoms with Crippen molar-refractivity contribution in [2.75, 3.05) is 26.3 Å². The smallest absolute Gasteiger partial charge is 0.134 e. The Morgan fingerprint density at radius 3 is 2.62 bits per heavy atom. The Morgan fingerprint density at radius 1 is 1.03 bits per heavy atom. The van der Waals surface area contributed by atoms with Gasteiger partial charge in [-0.2, -0.15) is 5.10 Å². The minimum Gasteiger partial charge on any atom is -0.392 e. The molecule has 4 aromatic rings. The van der Waals surface area contributed by atoms with Gasteiger partial charge in [0.05, 0.1) is 37.2 Å². The average molecular weight is 390 g/mol. The average Bonchev–Trinajstić information content (AvgIpc) is 3.41. The topological polar surface area (TPSA) is 92.1 Å². The fraction of sp³-hybridized carbons (Fsp3) is 0.286. The van der Waals surface area contributed by atoms with Crippen LogP contribution in [0.3, 0.4) is 0 Å². The first-order chi connectivity index (χ1) is 14.3. The van der Waals surface area contributed by atoms with E-state index in [2.05, 4.69) is 49.7 Å². The lowest BCUT2D eigenvalue weighted by molar-refractivity contribution is 0.0342. The number of nitrogens with zero attached hydrogens (tertiary/aromatic N) is 5. The van der Waals surface area contributed by atoms with Crippen LogP contribution in [-0.4, -0.2) is 61.5 Å². The monoisotopic (exact) mass is 390 g/mol. The first kappa shape index (κ1) is 18.0. The Bertz CT molecular complexity index is 1110. The van der Waals surface area contributed by atoms with E-state index in [4.69, 9.17) is 4.74 Å². The third kappa shape index (κ3) is 3.65. The van der Waals surface area contributed by atoms with E-state index in [-0.39, 0.29) is 6.61 Å². The summed E-state index contributed by atoms with van der Waals surface area (Å²) in [4.78, 5) is 2.40. The number of rotatable bonds is 5. The third-order valence-electron chi connectivity index (χ3n) is 5.26. The lowest BCUT2D eigenvalue weighted by Gasteiger charge is -2.26. The van der Waals surface area contributed by atoms with Crippen LogP contribution >= 0.6 is 0 Å². The van der Waals surface area contributed by atoms with Crippen molar-refractivity contribution in [2.45, 2.75) is 13.2 Å². The molecule has 0 amide bonds. The zero-order valence-electron chi connectivity index (χ0n) is 16.0. The highest BCUT2D eigenvalue weighted by Gasteiger charge is 2.14. The van der Waals surface area contributed by atoms with Crippen molar-refractivity contribution in [3.05, 3.63) is 59.8 Å². The van der Waals surface area contributed by atoms with Crippen LogP contribution in [0.5, 0.6) is 0 Å². The maximum absolute atomic E-state index is 9.40. The van der Waals surface area contributed by atoms with Gasteiger partial charge in [0.1, 0.15) is 11.4 Å². The van der Waals surface area contributed by atoms with Gasteiger partial charge in [-0.3, -0.25) is 10.00 Å². The molecule has 5 rings (SSSR count). The van der Waals surface area contributed by atoms with Gasteiger partial charge < -0.3 is 9.84 Å². The second kappa shape index (κ2) is 7.75. The van der Waals surface area contributed by atoms with E-state index in [9.17, 15) is 5.11 Å². The second-order valence-electron chi connectivity index (χ2n) is 7.21. The van der Waals surface area contributed by atoms with Crippen molar-refractivity contribution < 1.29 is 9.84 Å². The van der Waals surface area contributed by atoms with Crippen LogP contribution in [0.4, 0.5) is 0 Å². The minimum atomic E-state index is -0.00987. The molecule has 0 spiro atoms. The highest BCUT2D eigenvalue weighted by molar-refractivity contribution is 5.92. The van der Waals surface area contributed by atoms with E-state index in [1.807, 2.05) is 24.4 Å². The lowest BCUT2D eigenvalue weighted by Crippen LogP contribution is -2.35. The molecule has 29 heavy (non-hydrogen) atoms. The molecule has 0 unspecified atom stereocenters. The van der Waals surface area contributed by atoms with Gasteiger partial charge in [-0.1, -0.05) is 23.4 Å². The number of hydrogen-bond donors (Lipinski definition) is 2. The van der Waals surface area contributed by atoms with E-state index in [1.54, 1.807) is 4.68 Å². The van der Waals surface area contributed by atoms with Gasteiger partial charge in [0, 0.05) is 25.0 Å². The molecule has 1 fully saturated rings. The number of morpholine rings is 1. The van der Waals surface area contributed by atoms with Crippen molar-refractivity contribution in [1.29, 1.82) is 0 Å². The number of benzene rings is 2. The molecule has 3 heterocycles. The van der Waals surface area contributed by atoms with Crippen LogP contribution in [-0.2, 0) is 17.9 Å². The normalized spacial score (nSPS) is 15.2. The molecule has 1 aliphatic rings. The molecule has 0 bridgehead atoms. The van der Waals surface area contributed by atoms with E-state index in [1.165, 1.54) is 5.56 Å². The number of aromatic amines is 1. The molecule has 0 saturated carbocycles. The number of H-pyrrole nitrogens is 1. The van der Waals surface area contributed by atoms with Crippen LogP contribution in [0.1, 0.15) is 11.1 Å². The summed E-state index contributed by atoms with van der Waals surface area (Å²) >= 11 is 0. The van der Waals surface area contributed by atoms with Gasteiger partial charge >= 0.3 is 0 Å². The van der Waals surface area contributed by atoms with Crippen molar-refractivity contribution in [3.63, 3.8) is 0 Å². The standard InChI is InChI=1S/C21H22N6O2/c28-14-16-3-6-19-18(11-16)21(24-22-19)20-13-27(25-23-20)17-4-1-15(2-5-17)12-26-7-9-29-10-8-26/h1-6,11,13,28H,7-10,12,14H2,(H,22,24). The molecule has 8 nitrogen and oxygen atoms in total. The van der Waals surface area contributed by atoms with Crippen LogP contribution in [0.2, 0.25) is 0 Å². The van der Waals surface area contributed by atoms with Crippen molar-refractivity contribution in [2.24, 2.45) is 0 Å². The van der Waals surface area contributed by atoms with Crippen molar-refractivity contribution >= 4 is 10.9 Å². The van der Waals surface area contributed by atoms with E-state index >= 15 is 0 Å². The summed E-state index contributed by atoms with van der Waals surface area (Å²) in [5, 5.41) is 26.3.